The second-order valence-electron chi connectivity index (χ2n) is 7.77. The Bertz CT molecular complexity index is 749. The first-order valence-electron chi connectivity index (χ1n) is 10.1. The Labute approximate surface area is 172 Å². The van der Waals surface area contributed by atoms with Crippen molar-refractivity contribution in [3.63, 3.8) is 0 Å². The molecule has 1 aliphatic rings. The minimum atomic E-state index is 0.110. The van der Waals surface area contributed by atoms with Gasteiger partial charge in [-0.05, 0) is 56.5 Å². The molecule has 1 amide bonds. The van der Waals surface area contributed by atoms with Crippen molar-refractivity contribution < 1.29 is 9.53 Å². The van der Waals surface area contributed by atoms with Crippen LogP contribution in [-0.4, -0.2) is 42.0 Å². The lowest BCUT2D eigenvalue weighted by Gasteiger charge is -2.30. The normalized spacial score (nSPS) is 15.7. The average Bonchev–Trinajstić information content (AvgIpc) is 3.10. The van der Waals surface area contributed by atoms with E-state index in [9.17, 15) is 4.79 Å². The van der Waals surface area contributed by atoms with E-state index in [1.807, 2.05) is 19.1 Å². The van der Waals surface area contributed by atoms with Gasteiger partial charge in [-0.2, -0.15) is 0 Å². The number of carbonyl (C=O) groups excluding carboxylic acids is 1. The quantitative estimate of drug-likeness (QED) is 0.680. The van der Waals surface area contributed by atoms with Crippen LogP contribution in [0, 0.1) is 12.8 Å². The van der Waals surface area contributed by atoms with Crippen LogP contribution in [0.1, 0.15) is 48.9 Å². The Hall–Kier alpha value is -1.92. The summed E-state index contributed by atoms with van der Waals surface area (Å²) in [5, 5.41) is 6.27. The molecule has 0 radical (unpaired) electrons. The largest absolute Gasteiger partial charge is 0.492 e. The van der Waals surface area contributed by atoms with Gasteiger partial charge < -0.3 is 10.1 Å². The van der Waals surface area contributed by atoms with Gasteiger partial charge in [0, 0.05) is 17.8 Å². The Balaban J connectivity index is 1.32. The molecule has 0 unspecified atom stereocenters. The highest BCUT2D eigenvalue weighted by Gasteiger charge is 2.25. The molecule has 28 heavy (non-hydrogen) atoms. The summed E-state index contributed by atoms with van der Waals surface area (Å²) in [6, 6.07) is 8.19. The lowest BCUT2D eigenvalue weighted by atomic mass is 9.96. The van der Waals surface area contributed by atoms with Crippen LogP contribution in [0.3, 0.4) is 0 Å². The molecule has 3 rings (SSSR count). The maximum Gasteiger partial charge on any atom is 0.223 e. The Morgan fingerprint density at radius 2 is 2.00 bits per heavy atom. The van der Waals surface area contributed by atoms with E-state index in [4.69, 9.17) is 4.74 Å². The van der Waals surface area contributed by atoms with Crippen molar-refractivity contribution in [2.24, 2.45) is 5.92 Å². The van der Waals surface area contributed by atoms with E-state index < -0.39 is 0 Å². The number of carbonyl (C=O) groups is 1. The summed E-state index contributed by atoms with van der Waals surface area (Å²) in [5.41, 5.74) is 2.45. The molecule has 1 N–H and O–H groups in total. The predicted octanol–water partition coefficient (Wildman–Crippen LogP) is 3.98. The first kappa shape index (κ1) is 20.8. The fourth-order valence-corrected chi connectivity index (χ4v) is 4.10. The number of thiazole rings is 1. The van der Waals surface area contributed by atoms with Crippen LogP contribution in [0.5, 0.6) is 5.75 Å². The molecule has 0 spiro atoms. The monoisotopic (exact) mass is 401 g/mol. The zero-order valence-electron chi connectivity index (χ0n) is 17.1. The molecular weight excluding hydrogens is 370 g/mol. The van der Waals surface area contributed by atoms with Crippen molar-refractivity contribution >= 4 is 17.2 Å². The number of aryl methyl sites for hydroxylation is 1. The summed E-state index contributed by atoms with van der Waals surface area (Å²) in [4.78, 5) is 19.3. The van der Waals surface area contributed by atoms with Gasteiger partial charge in [0.2, 0.25) is 5.91 Å². The molecule has 1 aromatic heterocycles. The van der Waals surface area contributed by atoms with Gasteiger partial charge >= 0.3 is 0 Å². The van der Waals surface area contributed by atoms with Crippen molar-refractivity contribution in [3.8, 4) is 5.75 Å². The number of hydrogen-bond donors (Lipinski definition) is 1. The second-order valence-corrected chi connectivity index (χ2v) is 8.83. The summed E-state index contributed by atoms with van der Waals surface area (Å²) in [6.07, 6.45) is 1.82. The molecule has 0 atom stereocenters. The number of rotatable bonds is 8. The number of likely N-dealkylation sites (tertiary alicyclic amines) is 1. The molecule has 5 nitrogen and oxygen atoms in total. The summed E-state index contributed by atoms with van der Waals surface area (Å²) < 4.78 is 5.73. The smallest absolute Gasteiger partial charge is 0.223 e. The maximum atomic E-state index is 12.4. The number of nitrogens with zero attached hydrogens (tertiary/aromatic N) is 2. The molecule has 2 heterocycles. The predicted molar refractivity (Wildman–Crippen MR) is 114 cm³/mol. The third-order valence-electron chi connectivity index (χ3n) is 5.23. The number of hydrogen-bond acceptors (Lipinski definition) is 5. The van der Waals surface area contributed by atoms with Crippen LogP contribution < -0.4 is 10.1 Å². The van der Waals surface area contributed by atoms with E-state index in [1.165, 1.54) is 5.56 Å². The Kier molecular flexibility index (Phi) is 7.45. The van der Waals surface area contributed by atoms with Gasteiger partial charge in [0.05, 0.1) is 17.2 Å². The number of nitrogens with one attached hydrogen (secondary N) is 1. The van der Waals surface area contributed by atoms with Crippen molar-refractivity contribution in [2.75, 3.05) is 26.2 Å². The molecule has 6 heteroatoms. The molecule has 1 aromatic carbocycles. The molecule has 1 aliphatic heterocycles. The SMILES string of the molecule is Cc1nc(CN2CCC(C(=O)NCCOc3ccc(C(C)C)cc3)CC2)cs1. The molecule has 0 aliphatic carbocycles. The third-order valence-corrected chi connectivity index (χ3v) is 6.05. The van der Waals surface area contributed by atoms with E-state index in [1.54, 1.807) is 11.3 Å². The number of piperidine rings is 1. The highest BCUT2D eigenvalue weighted by molar-refractivity contribution is 7.09. The maximum absolute atomic E-state index is 12.4. The summed E-state index contributed by atoms with van der Waals surface area (Å²) in [7, 11) is 0. The van der Waals surface area contributed by atoms with Gasteiger partial charge in [0.25, 0.3) is 0 Å². The molecule has 2 aromatic rings. The number of aromatic nitrogens is 1. The molecule has 152 valence electrons. The fourth-order valence-electron chi connectivity index (χ4n) is 3.50. The Morgan fingerprint density at radius 1 is 1.29 bits per heavy atom. The van der Waals surface area contributed by atoms with Gasteiger partial charge in [0.15, 0.2) is 0 Å². The van der Waals surface area contributed by atoms with E-state index >= 15 is 0 Å². The average molecular weight is 402 g/mol. The highest BCUT2D eigenvalue weighted by atomic mass is 32.1. The standard InChI is InChI=1S/C22H31N3O2S/c1-16(2)18-4-6-21(7-5-18)27-13-10-23-22(26)19-8-11-25(12-9-19)14-20-15-28-17(3)24-20/h4-7,15-16,19H,8-14H2,1-3H3,(H,23,26). The van der Waals surface area contributed by atoms with E-state index in [0.717, 1.165) is 48.9 Å². The van der Waals surface area contributed by atoms with Crippen LogP contribution >= 0.6 is 11.3 Å². The highest BCUT2D eigenvalue weighted by Crippen LogP contribution is 2.20. The topological polar surface area (TPSA) is 54.5 Å². The molecule has 1 fully saturated rings. The van der Waals surface area contributed by atoms with Crippen molar-refractivity contribution in [3.05, 3.63) is 45.9 Å². The minimum absolute atomic E-state index is 0.110. The second kappa shape index (κ2) is 10.0. The van der Waals surface area contributed by atoms with E-state index in [0.29, 0.717) is 19.1 Å². The van der Waals surface area contributed by atoms with Gasteiger partial charge in [-0.3, -0.25) is 9.69 Å². The zero-order chi connectivity index (χ0) is 19.9. The van der Waals surface area contributed by atoms with Crippen molar-refractivity contribution in [1.82, 2.24) is 15.2 Å². The van der Waals surface area contributed by atoms with Crippen LogP contribution in [-0.2, 0) is 11.3 Å². The number of benzene rings is 1. The molecular formula is C22H31N3O2S. The van der Waals surface area contributed by atoms with E-state index in [-0.39, 0.29) is 11.8 Å². The molecule has 0 saturated carbocycles. The zero-order valence-corrected chi connectivity index (χ0v) is 17.9. The lowest BCUT2D eigenvalue weighted by molar-refractivity contribution is -0.126. The van der Waals surface area contributed by atoms with Crippen molar-refractivity contribution in [1.29, 1.82) is 0 Å². The fraction of sp³-hybridized carbons (Fsp3) is 0.545. The van der Waals surface area contributed by atoms with Gasteiger partial charge in [-0.15, -0.1) is 11.3 Å². The molecule has 0 bridgehead atoms. The van der Waals surface area contributed by atoms with E-state index in [2.05, 4.69) is 46.6 Å². The Morgan fingerprint density at radius 3 is 2.61 bits per heavy atom. The minimum Gasteiger partial charge on any atom is -0.492 e. The summed E-state index contributed by atoms with van der Waals surface area (Å²) in [5.74, 6) is 1.64. The summed E-state index contributed by atoms with van der Waals surface area (Å²) in [6.45, 7) is 10.2. The third kappa shape index (κ3) is 6.04. The van der Waals surface area contributed by atoms with Crippen LogP contribution in [0.15, 0.2) is 29.6 Å². The lowest BCUT2D eigenvalue weighted by Crippen LogP contribution is -2.41. The summed E-state index contributed by atoms with van der Waals surface area (Å²) >= 11 is 1.70. The van der Waals surface area contributed by atoms with Crippen molar-refractivity contribution in [2.45, 2.75) is 46.1 Å². The van der Waals surface area contributed by atoms with Crippen LogP contribution in [0.4, 0.5) is 0 Å². The van der Waals surface area contributed by atoms with Gasteiger partial charge in [-0.25, -0.2) is 4.98 Å². The van der Waals surface area contributed by atoms with Gasteiger partial charge in [0.1, 0.15) is 12.4 Å². The van der Waals surface area contributed by atoms with Crippen LogP contribution in [0.25, 0.3) is 0 Å². The first-order valence-corrected chi connectivity index (χ1v) is 11.0. The van der Waals surface area contributed by atoms with Gasteiger partial charge in [-0.1, -0.05) is 26.0 Å². The van der Waals surface area contributed by atoms with Crippen LogP contribution in [0.2, 0.25) is 0 Å². The molecule has 1 saturated heterocycles. The number of ether oxygens (including phenoxy) is 1. The number of amides is 1. The first-order chi connectivity index (χ1) is 13.5.